The summed E-state index contributed by atoms with van der Waals surface area (Å²) in [4.78, 5) is 36.9. The van der Waals surface area contributed by atoms with Crippen LogP contribution in [0.2, 0.25) is 0 Å². The Bertz CT molecular complexity index is 799. The Morgan fingerprint density at radius 2 is 1.79 bits per heavy atom. The predicted octanol–water partition coefficient (Wildman–Crippen LogP) is 2.16. The van der Waals surface area contributed by atoms with Crippen molar-refractivity contribution >= 4 is 29.1 Å². The number of rotatable bonds is 4. The van der Waals surface area contributed by atoms with Crippen LogP contribution < -0.4 is 16.0 Å². The molecule has 1 heterocycles. The second kappa shape index (κ2) is 6.54. The smallest absolute Gasteiger partial charge is 0.255 e. The van der Waals surface area contributed by atoms with Gasteiger partial charge >= 0.3 is 0 Å². The zero-order chi connectivity index (χ0) is 17.1. The quantitative estimate of drug-likeness (QED) is 0.903. The van der Waals surface area contributed by atoms with Crippen LogP contribution in [0.5, 0.6) is 0 Å². The first kappa shape index (κ1) is 15.7. The number of amides is 3. The largest absolute Gasteiger partial charge is 0.366 e. The third-order valence-corrected chi connectivity index (χ3v) is 3.92. The van der Waals surface area contributed by atoms with E-state index in [0.717, 1.165) is 12.1 Å². The summed E-state index contributed by atoms with van der Waals surface area (Å²) in [5.41, 5.74) is 7.32. The number of hydrogen-bond acceptors (Lipinski definition) is 3. The fourth-order valence-corrected chi connectivity index (χ4v) is 2.67. The Morgan fingerprint density at radius 3 is 2.42 bits per heavy atom. The standard InChI is InChI=1S/C18H17N3O3/c19-17(23)13-3-1-4-14(11-13)20-18(24)12-6-8-15(9-7-12)21-10-2-5-16(21)22/h1,3-4,6-9,11H,2,5,10H2,(H2,19,23)(H,20,24). The van der Waals surface area contributed by atoms with Gasteiger partial charge in [-0.1, -0.05) is 6.07 Å². The lowest BCUT2D eigenvalue weighted by atomic mass is 10.1. The number of carbonyl (C=O) groups is 3. The van der Waals surface area contributed by atoms with Gasteiger partial charge in [-0.2, -0.15) is 0 Å². The van der Waals surface area contributed by atoms with Crippen LogP contribution in [0.3, 0.4) is 0 Å². The van der Waals surface area contributed by atoms with Crippen LogP contribution in [0.25, 0.3) is 0 Å². The van der Waals surface area contributed by atoms with E-state index in [2.05, 4.69) is 5.32 Å². The molecule has 3 amide bonds. The first-order valence-corrected chi connectivity index (χ1v) is 7.66. The molecule has 122 valence electrons. The minimum Gasteiger partial charge on any atom is -0.366 e. The Hall–Kier alpha value is -3.15. The second-order valence-electron chi connectivity index (χ2n) is 5.59. The number of nitrogens with one attached hydrogen (secondary N) is 1. The molecule has 0 bridgehead atoms. The molecule has 0 radical (unpaired) electrons. The van der Waals surface area contributed by atoms with Gasteiger partial charge in [0.1, 0.15) is 0 Å². The molecule has 2 aromatic rings. The summed E-state index contributed by atoms with van der Waals surface area (Å²) in [7, 11) is 0. The van der Waals surface area contributed by atoms with Gasteiger partial charge in [-0.15, -0.1) is 0 Å². The topological polar surface area (TPSA) is 92.5 Å². The highest BCUT2D eigenvalue weighted by atomic mass is 16.2. The van der Waals surface area contributed by atoms with E-state index < -0.39 is 5.91 Å². The highest BCUT2D eigenvalue weighted by Gasteiger charge is 2.21. The lowest BCUT2D eigenvalue weighted by Gasteiger charge is -2.15. The molecule has 0 aliphatic carbocycles. The maximum Gasteiger partial charge on any atom is 0.255 e. The highest BCUT2D eigenvalue weighted by molar-refractivity contribution is 6.05. The molecule has 1 saturated heterocycles. The normalized spacial score (nSPS) is 13.8. The van der Waals surface area contributed by atoms with E-state index in [1.165, 1.54) is 6.07 Å². The molecular formula is C18H17N3O3. The molecule has 0 atom stereocenters. The minimum atomic E-state index is -0.550. The van der Waals surface area contributed by atoms with Crippen molar-refractivity contribution < 1.29 is 14.4 Å². The molecule has 0 unspecified atom stereocenters. The van der Waals surface area contributed by atoms with Crippen LogP contribution in [0, 0.1) is 0 Å². The Labute approximate surface area is 139 Å². The van der Waals surface area contributed by atoms with E-state index in [1.807, 2.05) is 0 Å². The Balaban J connectivity index is 1.72. The Kier molecular flexibility index (Phi) is 4.29. The van der Waals surface area contributed by atoms with Crippen LogP contribution in [-0.2, 0) is 4.79 Å². The Morgan fingerprint density at radius 1 is 1.04 bits per heavy atom. The van der Waals surface area contributed by atoms with Gasteiger partial charge in [0, 0.05) is 35.5 Å². The average Bonchev–Trinajstić information content (AvgIpc) is 3.01. The van der Waals surface area contributed by atoms with E-state index in [1.54, 1.807) is 47.4 Å². The summed E-state index contributed by atoms with van der Waals surface area (Å²) >= 11 is 0. The van der Waals surface area contributed by atoms with Crippen molar-refractivity contribution in [3.63, 3.8) is 0 Å². The fraction of sp³-hybridized carbons (Fsp3) is 0.167. The van der Waals surface area contributed by atoms with E-state index in [4.69, 9.17) is 5.73 Å². The van der Waals surface area contributed by atoms with Crippen molar-refractivity contribution in [2.24, 2.45) is 5.73 Å². The zero-order valence-corrected chi connectivity index (χ0v) is 13.0. The van der Waals surface area contributed by atoms with Gasteiger partial charge in [0.15, 0.2) is 0 Å². The number of nitrogens with two attached hydrogens (primary N) is 1. The van der Waals surface area contributed by atoms with Crippen molar-refractivity contribution in [2.45, 2.75) is 12.8 Å². The van der Waals surface area contributed by atoms with E-state index in [9.17, 15) is 14.4 Å². The first-order chi connectivity index (χ1) is 11.5. The van der Waals surface area contributed by atoms with Gasteiger partial charge in [-0.05, 0) is 48.9 Å². The SMILES string of the molecule is NC(=O)c1cccc(NC(=O)c2ccc(N3CCCC3=O)cc2)c1. The predicted molar refractivity (Wildman–Crippen MR) is 90.9 cm³/mol. The molecule has 2 aromatic carbocycles. The van der Waals surface area contributed by atoms with E-state index in [-0.39, 0.29) is 11.8 Å². The van der Waals surface area contributed by atoms with Crippen molar-refractivity contribution in [3.8, 4) is 0 Å². The van der Waals surface area contributed by atoms with Gasteiger partial charge in [0.05, 0.1) is 0 Å². The van der Waals surface area contributed by atoms with Gasteiger partial charge < -0.3 is 16.0 Å². The molecule has 1 fully saturated rings. The zero-order valence-electron chi connectivity index (χ0n) is 13.0. The van der Waals surface area contributed by atoms with Gasteiger partial charge in [-0.25, -0.2) is 0 Å². The highest BCUT2D eigenvalue weighted by Crippen LogP contribution is 2.22. The van der Waals surface area contributed by atoms with Crippen LogP contribution >= 0.6 is 0 Å². The molecule has 6 nitrogen and oxygen atoms in total. The van der Waals surface area contributed by atoms with Crippen LogP contribution in [0.4, 0.5) is 11.4 Å². The third-order valence-electron chi connectivity index (χ3n) is 3.92. The summed E-state index contributed by atoms with van der Waals surface area (Å²) in [6.07, 6.45) is 1.43. The molecule has 6 heteroatoms. The summed E-state index contributed by atoms with van der Waals surface area (Å²) in [6, 6.07) is 13.3. The second-order valence-corrected chi connectivity index (χ2v) is 5.59. The molecule has 24 heavy (non-hydrogen) atoms. The molecule has 1 aliphatic rings. The third kappa shape index (κ3) is 3.27. The molecule has 3 N–H and O–H groups in total. The maximum absolute atomic E-state index is 12.3. The minimum absolute atomic E-state index is 0.107. The first-order valence-electron chi connectivity index (χ1n) is 7.66. The number of carbonyl (C=O) groups excluding carboxylic acids is 3. The lowest BCUT2D eigenvalue weighted by molar-refractivity contribution is -0.117. The average molecular weight is 323 g/mol. The number of primary amides is 1. The monoisotopic (exact) mass is 323 g/mol. The van der Waals surface area contributed by atoms with Gasteiger partial charge in [0.25, 0.3) is 5.91 Å². The number of anilines is 2. The molecule has 0 spiro atoms. The molecule has 0 saturated carbocycles. The van der Waals surface area contributed by atoms with Crippen molar-refractivity contribution in [1.82, 2.24) is 0 Å². The van der Waals surface area contributed by atoms with Gasteiger partial charge in [0.2, 0.25) is 11.8 Å². The number of nitrogens with zero attached hydrogens (tertiary/aromatic N) is 1. The molecule has 3 rings (SSSR count). The van der Waals surface area contributed by atoms with E-state index >= 15 is 0 Å². The van der Waals surface area contributed by atoms with Crippen LogP contribution in [0.1, 0.15) is 33.6 Å². The van der Waals surface area contributed by atoms with Gasteiger partial charge in [-0.3, -0.25) is 14.4 Å². The fourth-order valence-electron chi connectivity index (χ4n) is 2.67. The summed E-state index contributed by atoms with van der Waals surface area (Å²) < 4.78 is 0. The van der Waals surface area contributed by atoms with E-state index in [0.29, 0.717) is 29.8 Å². The molecular weight excluding hydrogens is 306 g/mol. The molecule has 0 aromatic heterocycles. The van der Waals surface area contributed by atoms with Crippen molar-refractivity contribution in [3.05, 3.63) is 59.7 Å². The summed E-state index contributed by atoms with van der Waals surface area (Å²) in [5.74, 6) is -0.739. The molecule has 1 aliphatic heterocycles. The number of benzene rings is 2. The van der Waals surface area contributed by atoms with Crippen molar-refractivity contribution in [2.75, 3.05) is 16.8 Å². The summed E-state index contributed by atoms with van der Waals surface area (Å²) in [6.45, 7) is 0.713. The lowest BCUT2D eigenvalue weighted by Crippen LogP contribution is -2.23. The van der Waals surface area contributed by atoms with Crippen LogP contribution in [-0.4, -0.2) is 24.3 Å². The van der Waals surface area contributed by atoms with Crippen LogP contribution in [0.15, 0.2) is 48.5 Å². The van der Waals surface area contributed by atoms with Crippen molar-refractivity contribution in [1.29, 1.82) is 0 Å². The maximum atomic E-state index is 12.3. The number of hydrogen-bond donors (Lipinski definition) is 2. The summed E-state index contributed by atoms with van der Waals surface area (Å²) in [5, 5.41) is 2.72.